The SMILES string of the molecule is CCc1[nH]c(=O)[nH]c1C(=O)c1ccc(NC=O)cc1. The number of anilines is 1. The Labute approximate surface area is 108 Å². The molecule has 0 saturated carbocycles. The smallest absolute Gasteiger partial charge is 0.323 e. The molecule has 1 amide bonds. The molecule has 0 bridgehead atoms. The Morgan fingerprint density at radius 1 is 1.26 bits per heavy atom. The Kier molecular flexibility index (Phi) is 3.61. The standard InChI is InChI=1S/C13H13N3O3/c1-2-10-11(16-13(19)15-10)12(18)8-3-5-9(6-4-8)14-7-17/h3-7H,2H2,1H3,(H,14,17)(H2,15,16,19). The van der Waals surface area contributed by atoms with Crippen LogP contribution in [0.2, 0.25) is 0 Å². The van der Waals surface area contributed by atoms with E-state index in [0.29, 0.717) is 29.8 Å². The summed E-state index contributed by atoms with van der Waals surface area (Å²) in [7, 11) is 0. The number of aromatic amines is 2. The number of imidazole rings is 1. The molecule has 6 heteroatoms. The van der Waals surface area contributed by atoms with E-state index in [1.54, 1.807) is 24.3 Å². The molecule has 2 rings (SSSR count). The Bertz CT molecular complexity index is 653. The van der Waals surface area contributed by atoms with E-state index in [9.17, 15) is 14.4 Å². The molecule has 0 unspecified atom stereocenters. The van der Waals surface area contributed by atoms with Crippen LogP contribution in [0.4, 0.5) is 5.69 Å². The zero-order valence-electron chi connectivity index (χ0n) is 10.3. The highest BCUT2D eigenvalue weighted by atomic mass is 16.1. The van der Waals surface area contributed by atoms with E-state index in [1.807, 2.05) is 6.92 Å². The number of aryl methyl sites for hydroxylation is 1. The van der Waals surface area contributed by atoms with E-state index in [2.05, 4.69) is 15.3 Å². The van der Waals surface area contributed by atoms with Gasteiger partial charge in [-0.1, -0.05) is 6.92 Å². The fourth-order valence-electron chi connectivity index (χ4n) is 1.81. The van der Waals surface area contributed by atoms with Gasteiger partial charge in [0.2, 0.25) is 12.2 Å². The van der Waals surface area contributed by atoms with Crippen molar-refractivity contribution in [1.82, 2.24) is 9.97 Å². The first-order chi connectivity index (χ1) is 9.15. The van der Waals surface area contributed by atoms with Gasteiger partial charge < -0.3 is 15.3 Å². The van der Waals surface area contributed by atoms with Gasteiger partial charge in [0.15, 0.2) is 0 Å². The van der Waals surface area contributed by atoms with Gasteiger partial charge in [0.1, 0.15) is 5.69 Å². The van der Waals surface area contributed by atoms with Crippen LogP contribution < -0.4 is 11.0 Å². The van der Waals surface area contributed by atoms with Gasteiger partial charge in [0.05, 0.1) is 0 Å². The predicted molar refractivity (Wildman–Crippen MR) is 70.4 cm³/mol. The molecule has 6 nitrogen and oxygen atoms in total. The number of nitrogens with one attached hydrogen (secondary N) is 3. The van der Waals surface area contributed by atoms with Crippen LogP contribution in [0, 0.1) is 0 Å². The molecule has 98 valence electrons. The Morgan fingerprint density at radius 3 is 2.53 bits per heavy atom. The first kappa shape index (κ1) is 12.8. The van der Waals surface area contributed by atoms with Crippen LogP contribution in [0.1, 0.15) is 28.7 Å². The van der Waals surface area contributed by atoms with E-state index in [4.69, 9.17) is 0 Å². The van der Waals surface area contributed by atoms with Gasteiger partial charge in [-0.25, -0.2) is 4.79 Å². The lowest BCUT2D eigenvalue weighted by atomic mass is 10.1. The molecule has 1 heterocycles. The maximum atomic E-state index is 12.2. The monoisotopic (exact) mass is 259 g/mol. The number of aromatic nitrogens is 2. The van der Waals surface area contributed by atoms with Crippen molar-refractivity contribution < 1.29 is 9.59 Å². The van der Waals surface area contributed by atoms with Crippen molar-refractivity contribution in [3.8, 4) is 0 Å². The number of benzene rings is 1. The van der Waals surface area contributed by atoms with Crippen LogP contribution in [0.5, 0.6) is 0 Å². The highest BCUT2D eigenvalue weighted by molar-refractivity contribution is 6.08. The molecule has 3 N–H and O–H groups in total. The molecule has 0 radical (unpaired) electrons. The third-order valence-electron chi connectivity index (χ3n) is 2.76. The lowest BCUT2D eigenvalue weighted by molar-refractivity contribution is -0.105. The minimum atomic E-state index is -0.389. The summed E-state index contributed by atoms with van der Waals surface area (Å²) in [5.41, 5.74) is 1.53. The van der Waals surface area contributed by atoms with E-state index >= 15 is 0 Å². The minimum absolute atomic E-state index is 0.257. The zero-order valence-corrected chi connectivity index (χ0v) is 10.3. The topological polar surface area (TPSA) is 94.8 Å². The molecule has 1 aromatic carbocycles. The lowest BCUT2D eigenvalue weighted by Crippen LogP contribution is -2.07. The molecule has 0 aliphatic rings. The van der Waals surface area contributed by atoms with Crippen molar-refractivity contribution in [2.45, 2.75) is 13.3 Å². The zero-order chi connectivity index (χ0) is 13.8. The lowest BCUT2D eigenvalue weighted by Gasteiger charge is -2.02. The summed E-state index contributed by atoms with van der Waals surface area (Å²) in [6.07, 6.45) is 1.13. The van der Waals surface area contributed by atoms with Crippen LogP contribution in [-0.4, -0.2) is 22.2 Å². The molecular weight excluding hydrogens is 246 g/mol. The first-order valence-corrected chi connectivity index (χ1v) is 5.81. The van der Waals surface area contributed by atoms with Crippen molar-refractivity contribution in [2.75, 3.05) is 5.32 Å². The number of hydrogen-bond donors (Lipinski definition) is 3. The van der Waals surface area contributed by atoms with Gasteiger partial charge in [-0.15, -0.1) is 0 Å². The van der Waals surface area contributed by atoms with Gasteiger partial charge in [0, 0.05) is 16.9 Å². The summed E-state index contributed by atoms with van der Waals surface area (Å²) in [5.74, 6) is -0.257. The van der Waals surface area contributed by atoms with E-state index < -0.39 is 0 Å². The molecule has 0 aliphatic carbocycles. The Balaban J connectivity index is 2.32. The van der Waals surface area contributed by atoms with Gasteiger partial charge in [-0.05, 0) is 30.7 Å². The van der Waals surface area contributed by atoms with E-state index in [0.717, 1.165) is 0 Å². The fourth-order valence-corrected chi connectivity index (χ4v) is 1.81. The van der Waals surface area contributed by atoms with Crippen molar-refractivity contribution in [2.24, 2.45) is 0 Å². The second kappa shape index (κ2) is 5.34. The van der Waals surface area contributed by atoms with Crippen LogP contribution in [0.25, 0.3) is 0 Å². The van der Waals surface area contributed by atoms with Gasteiger partial charge >= 0.3 is 5.69 Å². The van der Waals surface area contributed by atoms with Crippen LogP contribution in [0.15, 0.2) is 29.1 Å². The molecular formula is C13H13N3O3. The quantitative estimate of drug-likeness (QED) is 0.553. The van der Waals surface area contributed by atoms with Crippen molar-refractivity contribution in [3.05, 3.63) is 51.7 Å². The molecule has 19 heavy (non-hydrogen) atoms. The fraction of sp³-hybridized carbons (Fsp3) is 0.154. The third kappa shape index (κ3) is 2.62. The number of carbonyl (C=O) groups is 2. The second-order valence-corrected chi connectivity index (χ2v) is 3.95. The highest BCUT2D eigenvalue weighted by Crippen LogP contribution is 2.13. The summed E-state index contributed by atoms with van der Waals surface area (Å²) in [4.78, 5) is 38.8. The maximum absolute atomic E-state index is 12.2. The number of H-pyrrole nitrogens is 2. The first-order valence-electron chi connectivity index (χ1n) is 5.81. The summed E-state index contributed by atoms with van der Waals surface area (Å²) < 4.78 is 0. The molecule has 1 aromatic heterocycles. The molecule has 2 aromatic rings. The predicted octanol–water partition coefficient (Wildman–Crippen LogP) is 1.06. The number of rotatable bonds is 5. The molecule has 0 saturated heterocycles. The van der Waals surface area contributed by atoms with Crippen molar-refractivity contribution >= 4 is 17.9 Å². The Hall–Kier alpha value is -2.63. The molecule has 0 atom stereocenters. The van der Waals surface area contributed by atoms with E-state index in [1.165, 1.54) is 0 Å². The molecule has 0 aliphatic heterocycles. The van der Waals surface area contributed by atoms with Crippen LogP contribution >= 0.6 is 0 Å². The average molecular weight is 259 g/mol. The van der Waals surface area contributed by atoms with Gasteiger partial charge in [0.25, 0.3) is 0 Å². The largest absolute Gasteiger partial charge is 0.329 e. The van der Waals surface area contributed by atoms with Crippen molar-refractivity contribution in [3.63, 3.8) is 0 Å². The summed E-state index contributed by atoms with van der Waals surface area (Å²) >= 11 is 0. The maximum Gasteiger partial charge on any atom is 0.323 e. The summed E-state index contributed by atoms with van der Waals surface area (Å²) in [6, 6.07) is 6.44. The van der Waals surface area contributed by atoms with E-state index in [-0.39, 0.29) is 17.2 Å². The molecule has 0 fully saturated rings. The summed E-state index contributed by atoms with van der Waals surface area (Å²) in [5, 5.41) is 2.48. The number of carbonyl (C=O) groups excluding carboxylic acids is 2. The number of ketones is 1. The van der Waals surface area contributed by atoms with Gasteiger partial charge in [-0.3, -0.25) is 9.59 Å². The van der Waals surface area contributed by atoms with Crippen LogP contribution in [0.3, 0.4) is 0 Å². The third-order valence-corrected chi connectivity index (χ3v) is 2.76. The van der Waals surface area contributed by atoms with Crippen molar-refractivity contribution in [1.29, 1.82) is 0 Å². The van der Waals surface area contributed by atoms with Gasteiger partial charge in [-0.2, -0.15) is 0 Å². The second-order valence-electron chi connectivity index (χ2n) is 3.95. The average Bonchev–Trinajstić information content (AvgIpc) is 2.80. The Morgan fingerprint density at radius 2 is 1.95 bits per heavy atom. The summed E-state index contributed by atoms with van der Waals surface area (Å²) in [6.45, 7) is 1.85. The van der Waals surface area contributed by atoms with Crippen LogP contribution in [-0.2, 0) is 11.2 Å². The highest BCUT2D eigenvalue weighted by Gasteiger charge is 2.15. The normalized spacial score (nSPS) is 10.2. The molecule has 0 spiro atoms. The minimum Gasteiger partial charge on any atom is -0.329 e. The number of amides is 1. The number of hydrogen-bond acceptors (Lipinski definition) is 3.